The lowest BCUT2D eigenvalue weighted by molar-refractivity contribution is -0.116. The van der Waals surface area contributed by atoms with Gasteiger partial charge >= 0.3 is 5.97 Å². The maximum atomic E-state index is 11.9. The number of ether oxygens (including phenoxy) is 1. The number of hydrogen-bond donors (Lipinski definition) is 1. The van der Waals surface area contributed by atoms with Crippen molar-refractivity contribution < 1.29 is 19.1 Å². The third-order valence-corrected chi connectivity index (χ3v) is 3.89. The second-order valence-electron chi connectivity index (χ2n) is 4.49. The third kappa shape index (κ3) is 4.02. The van der Waals surface area contributed by atoms with Gasteiger partial charge < -0.3 is 10.1 Å². The zero-order valence-electron chi connectivity index (χ0n) is 12.0. The van der Waals surface area contributed by atoms with Crippen LogP contribution >= 0.6 is 11.3 Å². The Hall–Kier alpha value is -2.47. The van der Waals surface area contributed by atoms with E-state index in [-0.39, 0.29) is 30.1 Å². The van der Waals surface area contributed by atoms with E-state index in [1.807, 2.05) is 5.38 Å². The Morgan fingerprint density at radius 3 is 2.55 bits per heavy atom. The van der Waals surface area contributed by atoms with Crippen LogP contribution in [0.1, 0.15) is 32.9 Å². The Morgan fingerprint density at radius 2 is 1.86 bits per heavy atom. The van der Waals surface area contributed by atoms with Crippen LogP contribution < -0.4 is 5.32 Å². The number of methoxy groups -OCH3 is 1. The quantitative estimate of drug-likeness (QED) is 0.656. The van der Waals surface area contributed by atoms with Gasteiger partial charge in [0.05, 0.1) is 23.2 Å². The number of ketones is 1. The summed E-state index contributed by atoms with van der Waals surface area (Å²) in [6.45, 7) is 0. The van der Waals surface area contributed by atoms with Gasteiger partial charge in [-0.2, -0.15) is 0 Å². The Balaban J connectivity index is 1.95. The molecular weight excluding hydrogens is 302 g/mol. The van der Waals surface area contributed by atoms with Crippen LogP contribution in [0.25, 0.3) is 0 Å². The van der Waals surface area contributed by atoms with E-state index in [1.54, 1.807) is 36.4 Å². The van der Waals surface area contributed by atoms with Crippen LogP contribution in [0.5, 0.6) is 0 Å². The minimum absolute atomic E-state index is 0.0617. The summed E-state index contributed by atoms with van der Waals surface area (Å²) in [6.07, 6.45) is 0.193. The number of thiophene rings is 1. The van der Waals surface area contributed by atoms with E-state index in [4.69, 9.17) is 0 Å². The molecule has 5 nitrogen and oxygen atoms in total. The van der Waals surface area contributed by atoms with Crippen molar-refractivity contribution in [3.63, 3.8) is 0 Å². The van der Waals surface area contributed by atoms with Crippen LogP contribution in [0.15, 0.2) is 41.8 Å². The lowest BCUT2D eigenvalue weighted by atomic mass is 10.1. The first kappa shape index (κ1) is 15.9. The maximum absolute atomic E-state index is 11.9. The van der Waals surface area contributed by atoms with Crippen LogP contribution in [0.3, 0.4) is 0 Å². The molecule has 0 saturated carbocycles. The number of anilines is 1. The van der Waals surface area contributed by atoms with E-state index in [1.165, 1.54) is 18.4 Å². The summed E-state index contributed by atoms with van der Waals surface area (Å²) in [6, 6.07) is 10.1. The van der Waals surface area contributed by atoms with Gasteiger partial charge in [-0.1, -0.05) is 18.2 Å². The highest BCUT2D eigenvalue weighted by Crippen LogP contribution is 2.17. The fourth-order valence-corrected chi connectivity index (χ4v) is 2.57. The zero-order valence-corrected chi connectivity index (χ0v) is 12.8. The molecule has 0 aliphatic carbocycles. The number of rotatable bonds is 6. The molecule has 0 radical (unpaired) electrons. The average Bonchev–Trinajstić information content (AvgIpc) is 3.07. The van der Waals surface area contributed by atoms with Gasteiger partial charge in [0.2, 0.25) is 5.91 Å². The molecule has 2 aromatic rings. The number of para-hydroxylation sites is 1. The Labute approximate surface area is 131 Å². The highest BCUT2D eigenvalue weighted by atomic mass is 32.1. The molecule has 1 N–H and O–H groups in total. The van der Waals surface area contributed by atoms with Crippen LogP contribution in [0.2, 0.25) is 0 Å². The molecule has 1 heterocycles. The lowest BCUT2D eigenvalue weighted by Gasteiger charge is -2.09. The monoisotopic (exact) mass is 317 g/mol. The molecule has 0 aliphatic heterocycles. The normalized spacial score (nSPS) is 10.0. The fraction of sp³-hybridized carbons (Fsp3) is 0.188. The largest absolute Gasteiger partial charge is 0.465 e. The minimum Gasteiger partial charge on any atom is -0.465 e. The number of amides is 1. The van der Waals surface area contributed by atoms with E-state index < -0.39 is 5.97 Å². The molecule has 6 heteroatoms. The first-order valence-electron chi connectivity index (χ1n) is 6.65. The fourth-order valence-electron chi connectivity index (χ4n) is 1.88. The molecule has 0 aliphatic rings. The van der Waals surface area contributed by atoms with Crippen molar-refractivity contribution in [2.24, 2.45) is 0 Å². The first-order chi connectivity index (χ1) is 10.6. The second kappa shape index (κ2) is 7.51. The summed E-state index contributed by atoms with van der Waals surface area (Å²) in [5.74, 6) is -0.904. The van der Waals surface area contributed by atoms with Crippen molar-refractivity contribution in [1.29, 1.82) is 0 Å². The molecule has 0 unspecified atom stereocenters. The Bertz CT molecular complexity index is 679. The van der Waals surface area contributed by atoms with Gasteiger partial charge in [0.25, 0.3) is 0 Å². The van der Waals surface area contributed by atoms with Crippen molar-refractivity contribution in [3.05, 3.63) is 52.2 Å². The van der Waals surface area contributed by atoms with Crippen molar-refractivity contribution in [2.45, 2.75) is 12.8 Å². The van der Waals surface area contributed by atoms with Crippen LogP contribution in [-0.4, -0.2) is 24.8 Å². The van der Waals surface area contributed by atoms with Gasteiger partial charge in [0.15, 0.2) is 5.78 Å². The topological polar surface area (TPSA) is 72.5 Å². The molecule has 22 heavy (non-hydrogen) atoms. The van der Waals surface area contributed by atoms with Gasteiger partial charge in [-0.05, 0) is 23.6 Å². The van der Waals surface area contributed by atoms with Gasteiger partial charge in [-0.25, -0.2) is 4.79 Å². The number of carbonyl (C=O) groups excluding carboxylic acids is 3. The summed E-state index contributed by atoms with van der Waals surface area (Å²) in [5, 5.41) is 4.46. The summed E-state index contributed by atoms with van der Waals surface area (Å²) in [7, 11) is 1.28. The van der Waals surface area contributed by atoms with E-state index in [2.05, 4.69) is 10.1 Å². The van der Waals surface area contributed by atoms with Crippen molar-refractivity contribution in [3.8, 4) is 0 Å². The average molecular weight is 317 g/mol. The van der Waals surface area contributed by atoms with Gasteiger partial charge in [-0.15, -0.1) is 11.3 Å². The maximum Gasteiger partial charge on any atom is 0.339 e. The Kier molecular flexibility index (Phi) is 5.43. The van der Waals surface area contributed by atoms with E-state index in [9.17, 15) is 14.4 Å². The van der Waals surface area contributed by atoms with E-state index >= 15 is 0 Å². The SMILES string of the molecule is COC(=O)c1ccccc1NC(=O)CCC(=O)c1cccs1. The first-order valence-corrected chi connectivity index (χ1v) is 7.53. The lowest BCUT2D eigenvalue weighted by Crippen LogP contribution is -2.16. The number of nitrogens with one attached hydrogen (secondary N) is 1. The molecule has 0 fully saturated rings. The molecule has 0 spiro atoms. The zero-order chi connectivity index (χ0) is 15.9. The predicted octanol–water partition coefficient (Wildman–Crippen LogP) is 3.14. The number of esters is 1. The molecule has 2 rings (SSSR count). The highest BCUT2D eigenvalue weighted by molar-refractivity contribution is 7.12. The third-order valence-electron chi connectivity index (χ3n) is 2.98. The number of benzene rings is 1. The summed E-state index contributed by atoms with van der Waals surface area (Å²) in [4.78, 5) is 36.0. The molecular formula is C16H15NO4S. The smallest absolute Gasteiger partial charge is 0.339 e. The van der Waals surface area contributed by atoms with Crippen LogP contribution in [0, 0.1) is 0 Å². The predicted molar refractivity (Wildman–Crippen MR) is 84.3 cm³/mol. The molecule has 0 bridgehead atoms. The van der Waals surface area contributed by atoms with E-state index in [0.717, 1.165) is 0 Å². The molecule has 1 amide bonds. The molecule has 1 aromatic carbocycles. The van der Waals surface area contributed by atoms with Crippen molar-refractivity contribution in [2.75, 3.05) is 12.4 Å². The molecule has 114 valence electrons. The molecule has 1 aromatic heterocycles. The number of carbonyl (C=O) groups is 3. The number of Topliss-reactive ketones (excluding diaryl/α,β-unsaturated/α-hetero) is 1. The van der Waals surface area contributed by atoms with Crippen molar-refractivity contribution in [1.82, 2.24) is 0 Å². The van der Waals surface area contributed by atoms with Crippen molar-refractivity contribution >= 4 is 34.7 Å². The standard InChI is InChI=1S/C16H15NO4S/c1-21-16(20)11-5-2-3-6-12(11)17-15(19)9-8-13(18)14-7-4-10-22-14/h2-7,10H,8-9H2,1H3,(H,17,19). The molecule has 0 saturated heterocycles. The molecule has 0 atom stereocenters. The van der Waals surface area contributed by atoms with Gasteiger partial charge in [0.1, 0.15) is 0 Å². The second-order valence-corrected chi connectivity index (χ2v) is 5.43. The minimum atomic E-state index is -0.523. The summed E-state index contributed by atoms with van der Waals surface area (Å²) < 4.78 is 4.66. The van der Waals surface area contributed by atoms with Gasteiger partial charge in [0, 0.05) is 12.8 Å². The highest BCUT2D eigenvalue weighted by Gasteiger charge is 2.14. The number of hydrogen-bond acceptors (Lipinski definition) is 5. The van der Waals surface area contributed by atoms with Crippen LogP contribution in [0.4, 0.5) is 5.69 Å². The van der Waals surface area contributed by atoms with E-state index in [0.29, 0.717) is 10.6 Å². The van der Waals surface area contributed by atoms with Crippen LogP contribution in [-0.2, 0) is 9.53 Å². The summed E-state index contributed by atoms with van der Waals surface area (Å²) >= 11 is 1.35. The Morgan fingerprint density at radius 1 is 1.09 bits per heavy atom. The van der Waals surface area contributed by atoms with Gasteiger partial charge in [-0.3, -0.25) is 9.59 Å². The summed E-state index contributed by atoms with van der Waals surface area (Å²) in [5.41, 5.74) is 0.658.